The summed E-state index contributed by atoms with van der Waals surface area (Å²) >= 11 is 0. The van der Waals surface area contributed by atoms with Crippen LogP contribution in [0, 0.1) is 13.8 Å². The summed E-state index contributed by atoms with van der Waals surface area (Å²) < 4.78 is 0. The van der Waals surface area contributed by atoms with E-state index in [9.17, 15) is 0 Å². The SMILES string of the molecule is Cc1cccc(Cc2nc3ccccc3[nH]2)c1C. The molecular formula is C16H16N2. The van der Waals surface area contributed by atoms with Crippen molar-refractivity contribution in [3.8, 4) is 0 Å². The summed E-state index contributed by atoms with van der Waals surface area (Å²) in [5, 5.41) is 0. The van der Waals surface area contributed by atoms with Crippen LogP contribution in [-0.4, -0.2) is 9.97 Å². The van der Waals surface area contributed by atoms with Crippen LogP contribution in [0.1, 0.15) is 22.5 Å². The Hall–Kier alpha value is -2.09. The first-order valence-corrected chi connectivity index (χ1v) is 6.23. The molecule has 1 N–H and O–H groups in total. The van der Waals surface area contributed by atoms with E-state index in [4.69, 9.17) is 0 Å². The number of hydrogen-bond acceptors (Lipinski definition) is 1. The number of aromatic amines is 1. The molecule has 3 aromatic rings. The van der Waals surface area contributed by atoms with Crippen LogP contribution in [0.25, 0.3) is 11.0 Å². The number of fused-ring (bicyclic) bond motifs is 1. The zero-order valence-corrected chi connectivity index (χ0v) is 10.7. The summed E-state index contributed by atoms with van der Waals surface area (Å²) in [5.41, 5.74) is 6.19. The van der Waals surface area contributed by atoms with E-state index in [2.05, 4.69) is 48.1 Å². The van der Waals surface area contributed by atoms with Crippen LogP contribution in [0.3, 0.4) is 0 Å². The second-order valence-corrected chi connectivity index (χ2v) is 4.74. The van der Waals surface area contributed by atoms with Crippen molar-refractivity contribution in [2.45, 2.75) is 20.3 Å². The molecule has 0 fully saturated rings. The number of hydrogen-bond donors (Lipinski definition) is 1. The number of para-hydroxylation sites is 2. The Labute approximate surface area is 107 Å². The zero-order valence-electron chi connectivity index (χ0n) is 10.7. The van der Waals surface area contributed by atoms with Crippen LogP contribution in [0.2, 0.25) is 0 Å². The molecule has 0 aliphatic carbocycles. The van der Waals surface area contributed by atoms with Gasteiger partial charge in [-0.3, -0.25) is 0 Å². The van der Waals surface area contributed by atoms with E-state index >= 15 is 0 Å². The lowest BCUT2D eigenvalue weighted by molar-refractivity contribution is 1.02. The van der Waals surface area contributed by atoms with E-state index in [1.165, 1.54) is 16.7 Å². The van der Waals surface area contributed by atoms with Crippen molar-refractivity contribution < 1.29 is 0 Å². The fourth-order valence-electron chi connectivity index (χ4n) is 2.27. The Kier molecular flexibility index (Phi) is 2.63. The van der Waals surface area contributed by atoms with E-state index < -0.39 is 0 Å². The highest BCUT2D eigenvalue weighted by atomic mass is 14.9. The topological polar surface area (TPSA) is 28.7 Å². The molecular weight excluding hydrogens is 220 g/mol. The minimum atomic E-state index is 0.863. The third-order valence-corrected chi connectivity index (χ3v) is 3.51. The third-order valence-electron chi connectivity index (χ3n) is 3.51. The molecule has 2 aromatic carbocycles. The van der Waals surface area contributed by atoms with E-state index in [-0.39, 0.29) is 0 Å². The van der Waals surface area contributed by atoms with Crippen LogP contribution in [-0.2, 0) is 6.42 Å². The van der Waals surface area contributed by atoms with Crippen molar-refractivity contribution in [3.05, 3.63) is 65.0 Å². The quantitative estimate of drug-likeness (QED) is 0.721. The van der Waals surface area contributed by atoms with Crippen molar-refractivity contribution in [3.63, 3.8) is 0 Å². The number of benzene rings is 2. The van der Waals surface area contributed by atoms with Gasteiger partial charge in [0.15, 0.2) is 0 Å². The second kappa shape index (κ2) is 4.30. The lowest BCUT2D eigenvalue weighted by atomic mass is 10.0. The molecule has 3 rings (SSSR count). The molecule has 0 aliphatic heterocycles. The van der Waals surface area contributed by atoms with Gasteiger partial charge in [-0.1, -0.05) is 30.3 Å². The Balaban J connectivity index is 1.99. The van der Waals surface area contributed by atoms with Gasteiger partial charge in [-0.15, -0.1) is 0 Å². The Morgan fingerprint density at radius 1 is 1.00 bits per heavy atom. The number of H-pyrrole nitrogens is 1. The van der Waals surface area contributed by atoms with Gasteiger partial charge in [-0.2, -0.15) is 0 Å². The zero-order chi connectivity index (χ0) is 12.5. The number of nitrogens with one attached hydrogen (secondary N) is 1. The first-order valence-electron chi connectivity index (χ1n) is 6.23. The molecule has 1 heterocycles. The summed E-state index contributed by atoms with van der Waals surface area (Å²) in [7, 11) is 0. The first kappa shape index (κ1) is 11.0. The summed E-state index contributed by atoms with van der Waals surface area (Å²) in [5.74, 6) is 1.03. The Bertz CT molecular complexity index is 662. The van der Waals surface area contributed by atoms with Crippen molar-refractivity contribution in [1.29, 1.82) is 0 Å². The molecule has 0 atom stereocenters. The van der Waals surface area contributed by atoms with Gasteiger partial charge in [0.25, 0.3) is 0 Å². The van der Waals surface area contributed by atoms with Crippen molar-refractivity contribution >= 4 is 11.0 Å². The lowest BCUT2D eigenvalue weighted by Gasteiger charge is -2.06. The average molecular weight is 236 g/mol. The summed E-state index contributed by atoms with van der Waals surface area (Å²) in [6, 6.07) is 14.6. The third kappa shape index (κ3) is 1.90. The maximum Gasteiger partial charge on any atom is 0.111 e. The van der Waals surface area contributed by atoms with Crippen LogP contribution in [0.15, 0.2) is 42.5 Å². The van der Waals surface area contributed by atoms with Crippen LogP contribution in [0.5, 0.6) is 0 Å². The molecule has 0 amide bonds. The Morgan fingerprint density at radius 3 is 2.67 bits per heavy atom. The molecule has 1 aromatic heterocycles. The van der Waals surface area contributed by atoms with Crippen LogP contribution in [0.4, 0.5) is 0 Å². The molecule has 90 valence electrons. The van der Waals surface area contributed by atoms with E-state index in [1.54, 1.807) is 0 Å². The number of aromatic nitrogens is 2. The van der Waals surface area contributed by atoms with E-state index in [0.29, 0.717) is 0 Å². The Morgan fingerprint density at radius 2 is 1.83 bits per heavy atom. The van der Waals surface area contributed by atoms with E-state index in [0.717, 1.165) is 23.3 Å². The van der Waals surface area contributed by atoms with Gasteiger partial charge >= 0.3 is 0 Å². The van der Waals surface area contributed by atoms with Gasteiger partial charge in [0.05, 0.1) is 11.0 Å². The standard InChI is InChI=1S/C16H16N2/c1-11-6-5-7-13(12(11)2)10-16-17-14-8-3-4-9-15(14)18-16/h3-9H,10H2,1-2H3,(H,17,18). The molecule has 0 unspecified atom stereocenters. The predicted octanol–water partition coefficient (Wildman–Crippen LogP) is 3.77. The largest absolute Gasteiger partial charge is 0.342 e. The average Bonchev–Trinajstić information content (AvgIpc) is 2.77. The molecule has 0 saturated carbocycles. The molecule has 18 heavy (non-hydrogen) atoms. The highest BCUT2D eigenvalue weighted by Crippen LogP contribution is 2.17. The van der Waals surface area contributed by atoms with Gasteiger partial charge < -0.3 is 4.98 Å². The molecule has 0 aliphatic rings. The number of imidazole rings is 1. The summed E-state index contributed by atoms with van der Waals surface area (Å²) in [6.45, 7) is 4.32. The molecule has 0 saturated heterocycles. The molecule has 2 nitrogen and oxygen atoms in total. The summed E-state index contributed by atoms with van der Waals surface area (Å²) in [4.78, 5) is 8.00. The second-order valence-electron chi connectivity index (χ2n) is 4.74. The van der Waals surface area contributed by atoms with Crippen LogP contribution < -0.4 is 0 Å². The number of nitrogens with zero attached hydrogens (tertiary/aromatic N) is 1. The fourth-order valence-corrected chi connectivity index (χ4v) is 2.27. The number of rotatable bonds is 2. The minimum Gasteiger partial charge on any atom is -0.342 e. The first-order chi connectivity index (χ1) is 8.74. The lowest BCUT2D eigenvalue weighted by Crippen LogP contribution is -1.95. The summed E-state index contributed by atoms with van der Waals surface area (Å²) in [6.07, 6.45) is 0.863. The van der Waals surface area contributed by atoms with Gasteiger partial charge in [-0.05, 0) is 42.7 Å². The predicted molar refractivity (Wildman–Crippen MR) is 74.8 cm³/mol. The highest BCUT2D eigenvalue weighted by molar-refractivity contribution is 5.74. The molecule has 2 heteroatoms. The van der Waals surface area contributed by atoms with Crippen molar-refractivity contribution in [2.75, 3.05) is 0 Å². The molecule has 0 radical (unpaired) electrons. The monoisotopic (exact) mass is 236 g/mol. The van der Waals surface area contributed by atoms with Gasteiger partial charge in [0, 0.05) is 6.42 Å². The number of aryl methyl sites for hydroxylation is 1. The van der Waals surface area contributed by atoms with Crippen molar-refractivity contribution in [1.82, 2.24) is 9.97 Å². The minimum absolute atomic E-state index is 0.863. The highest BCUT2D eigenvalue weighted by Gasteiger charge is 2.06. The van der Waals surface area contributed by atoms with Gasteiger partial charge in [0.1, 0.15) is 5.82 Å². The fraction of sp³-hybridized carbons (Fsp3) is 0.188. The van der Waals surface area contributed by atoms with Crippen LogP contribution >= 0.6 is 0 Å². The maximum absolute atomic E-state index is 4.62. The van der Waals surface area contributed by atoms with Gasteiger partial charge in [-0.25, -0.2) is 4.98 Å². The van der Waals surface area contributed by atoms with Crippen molar-refractivity contribution in [2.24, 2.45) is 0 Å². The smallest absolute Gasteiger partial charge is 0.111 e. The van der Waals surface area contributed by atoms with E-state index in [1.807, 2.05) is 18.2 Å². The maximum atomic E-state index is 4.62. The normalized spacial score (nSPS) is 11.0. The van der Waals surface area contributed by atoms with Gasteiger partial charge in [0.2, 0.25) is 0 Å². The molecule has 0 spiro atoms. The molecule has 0 bridgehead atoms.